The van der Waals surface area contributed by atoms with Crippen molar-refractivity contribution in [3.63, 3.8) is 0 Å². The summed E-state index contributed by atoms with van der Waals surface area (Å²) in [6.45, 7) is 8.62. The van der Waals surface area contributed by atoms with Crippen molar-refractivity contribution in [2.75, 3.05) is 19.0 Å². The van der Waals surface area contributed by atoms with Crippen LogP contribution in [0.2, 0.25) is 0 Å². The topological polar surface area (TPSA) is 55.4 Å². The van der Waals surface area contributed by atoms with Crippen molar-refractivity contribution >= 4 is 17.4 Å². The molecule has 0 heterocycles. The summed E-state index contributed by atoms with van der Waals surface area (Å²) in [4.78, 5) is 24.9. The zero-order chi connectivity index (χ0) is 21.9. The summed E-state index contributed by atoms with van der Waals surface area (Å²) in [5.41, 5.74) is 2.57. The number of carbonyl (C=O) groups excluding carboxylic acids is 2. The van der Waals surface area contributed by atoms with Gasteiger partial charge in [0.2, 0.25) is 0 Å². The Kier molecular flexibility index (Phi) is 9.33. The van der Waals surface area contributed by atoms with Crippen LogP contribution in [0.15, 0.2) is 61.2 Å². The molecule has 30 heavy (non-hydrogen) atoms. The van der Waals surface area contributed by atoms with Gasteiger partial charge in [-0.3, -0.25) is 4.79 Å². The number of ether oxygens (including phenoxy) is 1. The molecule has 4 heteroatoms. The zero-order valence-corrected chi connectivity index (χ0v) is 18.3. The molecule has 0 fully saturated rings. The monoisotopic (exact) mass is 407 g/mol. The Balaban J connectivity index is 1.81. The van der Waals surface area contributed by atoms with Crippen LogP contribution in [0.1, 0.15) is 65.8 Å². The van der Waals surface area contributed by atoms with E-state index in [0.717, 1.165) is 31.4 Å². The molecule has 2 unspecified atom stereocenters. The lowest BCUT2D eigenvalue weighted by Crippen LogP contribution is -2.10. The molecule has 0 aromatic heterocycles. The van der Waals surface area contributed by atoms with Gasteiger partial charge >= 0.3 is 5.97 Å². The van der Waals surface area contributed by atoms with Crippen LogP contribution in [-0.4, -0.2) is 25.4 Å². The number of anilines is 1. The number of hydrogen-bond acceptors (Lipinski definition) is 4. The van der Waals surface area contributed by atoms with Crippen molar-refractivity contribution in [1.29, 1.82) is 0 Å². The average Bonchev–Trinajstić information content (AvgIpc) is 2.77. The average molecular weight is 408 g/mol. The highest BCUT2D eigenvalue weighted by atomic mass is 16.5. The molecule has 2 aromatic carbocycles. The summed E-state index contributed by atoms with van der Waals surface area (Å²) in [6.07, 6.45) is 6.15. The van der Waals surface area contributed by atoms with Crippen molar-refractivity contribution in [1.82, 2.24) is 0 Å². The summed E-state index contributed by atoms with van der Waals surface area (Å²) in [5.74, 6) is 0.742. The first kappa shape index (κ1) is 23.4. The Morgan fingerprint density at radius 1 is 0.900 bits per heavy atom. The smallest absolute Gasteiger partial charge is 0.338 e. The first-order chi connectivity index (χ1) is 14.4. The Morgan fingerprint density at radius 2 is 1.43 bits per heavy atom. The van der Waals surface area contributed by atoms with Gasteiger partial charge in [0.15, 0.2) is 5.78 Å². The van der Waals surface area contributed by atoms with E-state index in [4.69, 9.17) is 4.74 Å². The summed E-state index contributed by atoms with van der Waals surface area (Å²) < 4.78 is 5.42. The van der Waals surface area contributed by atoms with E-state index in [1.165, 1.54) is 0 Å². The molecule has 4 nitrogen and oxygen atoms in total. The van der Waals surface area contributed by atoms with Gasteiger partial charge in [0.05, 0.1) is 12.2 Å². The lowest BCUT2D eigenvalue weighted by atomic mass is 9.94. The van der Waals surface area contributed by atoms with Crippen LogP contribution < -0.4 is 5.32 Å². The molecular formula is C26H33NO3. The van der Waals surface area contributed by atoms with Crippen molar-refractivity contribution in [2.45, 2.75) is 39.5 Å². The second kappa shape index (κ2) is 12.0. The van der Waals surface area contributed by atoms with Crippen LogP contribution in [0.4, 0.5) is 5.69 Å². The Labute approximate surface area is 180 Å². The number of ketones is 1. The fourth-order valence-electron chi connectivity index (χ4n) is 3.26. The maximum absolute atomic E-state index is 12.6. The lowest BCUT2D eigenvalue weighted by molar-refractivity contribution is 0.0482. The molecule has 0 aliphatic rings. The van der Waals surface area contributed by atoms with Crippen molar-refractivity contribution in [3.8, 4) is 0 Å². The van der Waals surface area contributed by atoms with Crippen molar-refractivity contribution in [2.24, 2.45) is 11.8 Å². The highest BCUT2D eigenvalue weighted by Crippen LogP contribution is 2.18. The van der Waals surface area contributed by atoms with Crippen LogP contribution in [0.3, 0.4) is 0 Å². The first-order valence-electron chi connectivity index (χ1n) is 10.6. The third-order valence-corrected chi connectivity index (χ3v) is 5.38. The van der Waals surface area contributed by atoms with Gasteiger partial charge in [-0.15, -0.1) is 6.58 Å². The summed E-state index contributed by atoms with van der Waals surface area (Å²) >= 11 is 0. The number of carbonyl (C=O) groups is 2. The van der Waals surface area contributed by atoms with E-state index in [2.05, 4.69) is 25.7 Å². The largest absolute Gasteiger partial charge is 0.462 e. The Bertz CT molecular complexity index is 824. The number of hydrogen-bond donors (Lipinski definition) is 1. The van der Waals surface area contributed by atoms with Crippen LogP contribution in [0.5, 0.6) is 0 Å². The van der Waals surface area contributed by atoms with Gasteiger partial charge in [0.25, 0.3) is 0 Å². The Hall–Kier alpha value is -2.88. The van der Waals surface area contributed by atoms with E-state index in [0.29, 0.717) is 35.1 Å². The quantitative estimate of drug-likeness (QED) is 0.261. The number of benzene rings is 2. The predicted octanol–water partition coefficient (Wildman–Crippen LogP) is 6.13. The number of esters is 1. The highest BCUT2D eigenvalue weighted by Gasteiger charge is 2.13. The van der Waals surface area contributed by atoms with E-state index >= 15 is 0 Å². The molecule has 2 rings (SSSR count). The van der Waals surface area contributed by atoms with Crippen LogP contribution in [-0.2, 0) is 4.74 Å². The van der Waals surface area contributed by atoms with Crippen molar-refractivity contribution < 1.29 is 14.3 Å². The number of rotatable bonds is 12. The van der Waals surface area contributed by atoms with Crippen LogP contribution >= 0.6 is 0 Å². The van der Waals surface area contributed by atoms with E-state index in [9.17, 15) is 9.59 Å². The van der Waals surface area contributed by atoms with Gasteiger partial charge in [-0.2, -0.15) is 0 Å². The summed E-state index contributed by atoms with van der Waals surface area (Å²) in [5, 5.41) is 3.03. The minimum Gasteiger partial charge on any atom is -0.462 e. The molecule has 0 saturated carbocycles. The van der Waals surface area contributed by atoms with E-state index < -0.39 is 0 Å². The standard InChI is InChI=1S/C26H33NO3/c1-5-6-19(2)7-8-20(3)17-18-30-26(29)23-11-9-21(10-12-23)25(28)22-13-15-24(27-4)16-14-22/h5,9-16,19-20,27H,1,6-8,17-18H2,2-4H3. The predicted molar refractivity (Wildman–Crippen MR) is 123 cm³/mol. The number of allylic oxidation sites excluding steroid dienone is 1. The van der Waals surface area contributed by atoms with Crippen LogP contribution in [0, 0.1) is 11.8 Å². The molecule has 0 bridgehead atoms. The minimum absolute atomic E-state index is 0.0722. The van der Waals surface area contributed by atoms with E-state index in [1.807, 2.05) is 25.3 Å². The lowest BCUT2D eigenvalue weighted by Gasteiger charge is -2.14. The summed E-state index contributed by atoms with van der Waals surface area (Å²) in [6, 6.07) is 13.9. The molecule has 0 amide bonds. The molecular weight excluding hydrogens is 374 g/mol. The fourth-order valence-corrected chi connectivity index (χ4v) is 3.26. The van der Waals surface area contributed by atoms with Gasteiger partial charge in [-0.1, -0.05) is 44.9 Å². The SMILES string of the molecule is C=CCC(C)CCC(C)CCOC(=O)c1ccc(C(=O)c2ccc(NC)cc2)cc1. The zero-order valence-electron chi connectivity index (χ0n) is 18.3. The molecule has 0 spiro atoms. The second-order valence-corrected chi connectivity index (χ2v) is 7.97. The second-order valence-electron chi connectivity index (χ2n) is 7.97. The fraction of sp³-hybridized carbons (Fsp3) is 0.385. The van der Waals surface area contributed by atoms with Crippen molar-refractivity contribution in [3.05, 3.63) is 77.9 Å². The van der Waals surface area contributed by atoms with Gasteiger partial charge in [0, 0.05) is 23.9 Å². The molecule has 0 aliphatic carbocycles. The van der Waals surface area contributed by atoms with Gasteiger partial charge in [-0.05, 0) is 61.1 Å². The third-order valence-electron chi connectivity index (χ3n) is 5.38. The summed E-state index contributed by atoms with van der Waals surface area (Å²) in [7, 11) is 1.83. The van der Waals surface area contributed by atoms with Crippen LogP contribution in [0.25, 0.3) is 0 Å². The van der Waals surface area contributed by atoms with E-state index in [-0.39, 0.29) is 11.8 Å². The maximum Gasteiger partial charge on any atom is 0.338 e. The molecule has 2 aromatic rings. The molecule has 0 radical (unpaired) electrons. The molecule has 0 aliphatic heterocycles. The molecule has 160 valence electrons. The normalized spacial score (nSPS) is 12.6. The molecule has 2 atom stereocenters. The van der Waals surface area contributed by atoms with Gasteiger partial charge in [0.1, 0.15) is 0 Å². The van der Waals surface area contributed by atoms with E-state index in [1.54, 1.807) is 36.4 Å². The Morgan fingerprint density at radius 3 is 2.00 bits per heavy atom. The highest BCUT2D eigenvalue weighted by molar-refractivity contribution is 6.09. The third kappa shape index (κ3) is 7.18. The number of nitrogens with one attached hydrogen (secondary N) is 1. The van der Waals surface area contributed by atoms with Gasteiger partial charge < -0.3 is 10.1 Å². The van der Waals surface area contributed by atoms with Gasteiger partial charge in [-0.25, -0.2) is 4.79 Å². The maximum atomic E-state index is 12.6. The first-order valence-corrected chi connectivity index (χ1v) is 10.6. The molecule has 1 N–H and O–H groups in total. The molecule has 0 saturated heterocycles. The minimum atomic E-state index is -0.348.